The van der Waals surface area contributed by atoms with Crippen LogP contribution in [-0.4, -0.2) is 61.7 Å². The summed E-state index contributed by atoms with van der Waals surface area (Å²) < 4.78 is 0. The van der Waals surface area contributed by atoms with Crippen molar-refractivity contribution in [2.45, 2.75) is 38.0 Å². The SMILES string of the molecule is CCN(CC)CCNC(=O)c1cc(NC(=O)CSc2ccccc2)ccc1N1CCCCC1. The fraction of sp³-hybridized carbons (Fsp3) is 0.462. The number of anilines is 2. The van der Waals surface area contributed by atoms with E-state index in [1.54, 1.807) is 0 Å². The zero-order chi connectivity index (χ0) is 23.5. The van der Waals surface area contributed by atoms with Crippen LogP contribution >= 0.6 is 11.8 Å². The first kappa shape index (κ1) is 25.1. The van der Waals surface area contributed by atoms with Gasteiger partial charge in [0.25, 0.3) is 5.91 Å². The first-order valence-electron chi connectivity index (χ1n) is 12.0. The fourth-order valence-electron chi connectivity index (χ4n) is 4.03. The van der Waals surface area contributed by atoms with Gasteiger partial charge < -0.3 is 20.4 Å². The molecule has 1 aliphatic heterocycles. The number of thioether (sulfide) groups is 1. The molecule has 7 heteroatoms. The van der Waals surface area contributed by atoms with Gasteiger partial charge in [0, 0.05) is 42.4 Å². The van der Waals surface area contributed by atoms with Crippen molar-refractivity contribution in [2.75, 3.05) is 55.2 Å². The first-order chi connectivity index (χ1) is 16.1. The minimum Gasteiger partial charge on any atom is -0.371 e. The Kier molecular flexibility index (Phi) is 10.1. The zero-order valence-electron chi connectivity index (χ0n) is 19.8. The molecule has 0 unspecified atom stereocenters. The molecule has 0 aliphatic carbocycles. The van der Waals surface area contributed by atoms with E-state index in [-0.39, 0.29) is 11.8 Å². The first-order valence-corrected chi connectivity index (χ1v) is 13.0. The molecule has 33 heavy (non-hydrogen) atoms. The Balaban J connectivity index is 1.68. The molecule has 1 aliphatic rings. The van der Waals surface area contributed by atoms with Gasteiger partial charge in [-0.25, -0.2) is 0 Å². The van der Waals surface area contributed by atoms with Crippen LogP contribution in [0.5, 0.6) is 0 Å². The molecule has 0 atom stereocenters. The van der Waals surface area contributed by atoms with Crippen LogP contribution in [0.3, 0.4) is 0 Å². The maximum atomic E-state index is 13.1. The van der Waals surface area contributed by atoms with Crippen LogP contribution in [0.4, 0.5) is 11.4 Å². The maximum Gasteiger partial charge on any atom is 0.253 e. The topological polar surface area (TPSA) is 64.7 Å². The number of carbonyl (C=O) groups is 2. The quantitative estimate of drug-likeness (QED) is 0.476. The molecule has 1 heterocycles. The third-order valence-electron chi connectivity index (χ3n) is 5.94. The second-order valence-electron chi connectivity index (χ2n) is 8.21. The number of nitrogens with one attached hydrogen (secondary N) is 2. The lowest BCUT2D eigenvalue weighted by molar-refractivity contribution is -0.113. The van der Waals surface area contributed by atoms with E-state index in [1.807, 2.05) is 48.5 Å². The Hall–Kier alpha value is -2.51. The molecule has 2 N–H and O–H groups in total. The molecule has 2 amide bonds. The Bertz CT molecular complexity index is 896. The zero-order valence-corrected chi connectivity index (χ0v) is 20.6. The van der Waals surface area contributed by atoms with Gasteiger partial charge in [-0.2, -0.15) is 0 Å². The molecule has 0 bridgehead atoms. The van der Waals surface area contributed by atoms with Gasteiger partial charge in [-0.15, -0.1) is 11.8 Å². The number of benzene rings is 2. The molecule has 2 aromatic carbocycles. The van der Waals surface area contributed by atoms with E-state index >= 15 is 0 Å². The summed E-state index contributed by atoms with van der Waals surface area (Å²) in [4.78, 5) is 31.3. The highest BCUT2D eigenvalue weighted by Crippen LogP contribution is 2.27. The number of amides is 2. The molecule has 1 fully saturated rings. The third-order valence-corrected chi connectivity index (χ3v) is 6.95. The highest BCUT2D eigenvalue weighted by Gasteiger charge is 2.20. The Morgan fingerprint density at radius 1 is 1.00 bits per heavy atom. The van der Waals surface area contributed by atoms with Gasteiger partial charge in [-0.05, 0) is 62.7 Å². The lowest BCUT2D eigenvalue weighted by Crippen LogP contribution is -2.36. The minimum atomic E-state index is -0.0857. The maximum absolute atomic E-state index is 13.1. The van der Waals surface area contributed by atoms with Crippen LogP contribution in [0.15, 0.2) is 53.4 Å². The molecule has 178 valence electrons. The third kappa shape index (κ3) is 7.79. The van der Waals surface area contributed by atoms with E-state index in [0.29, 0.717) is 23.5 Å². The largest absolute Gasteiger partial charge is 0.371 e. The van der Waals surface area contributed by atoms with Crippen molar-refractivity contribution in [3.63, 3.8) is 0 Å². The monoisotopic (exact) mass is 468 g/mol. The van der Waals surface area contributed by atoms with Crippen molar-refractivity contribution in [3.05, 3.63) is 54.1 Å². The van der Waals surface area contributed by atoms with E-state index in [9.17, 15) is 9.59 Å². The van der Waals surface area contributed by atoms with Crippen LogP contribution in [0.25, 0.3) is 0 Å². The molecule has 0 aromatic heterocycles. The minimum absolute atomic E-state index is 0.0810. The van der Waals surface area contributed by atoms with Crippen LogP contribution < -0.4 is 15.5 Å². The predicted octanol–water partition coefficient (Wildman–Crippen LogP) is 4.48. The van der Waals surface area contributed by atoms with Crippen LogP contribution in [0.2, 0.25) is 0 Å². The summed E-state index contributed by atoms with van der Waals surface area (Å²) in [7, 11) is 0. The van der Waals surface area contributed by atoms with E-state index in [0.717, 1.165) is 56.1 Å². The summed E-state index contributed by atoms with van der Waals surface area (Å²) in [5, 5.41) is 6.04. The van der Waals surface area contributed by atoms with E-state index < -0.39 is 0 Å². The lowest BCUT2D eigenvalue weighted by atomic mass is 10.1. The van der Waals surface area contributed by atoms with Gasteiger partial charge in [-0.1, -0.05) is 32.0 Å². The molecule has 2 aromatic rings. The van der Waals surface area contributed by atoms with Crippen molar-refractivity contribution in [2.24, 2.45) is 0 Å². The van der Waals surface area contributed by atoms with Gasteiger partial charge in [0.1, 0.15) is 0 Å². The Morgan fingerprint density at radius 2 is 1.73 bits per heavy atom. The van der Waals surface area contributed by atoms with E-state index in [4.69, 9.17) is 0 Å². The Labute approximate surface area is 202 Å². The highest BCUT2D eigenvalue weighted by molar-refractivity contribution is 8.00. The van der Waals surface area contributed by atoms with Gasteiger partial charge in [-0.3, -0.25) is 9.59 Å². The normalized spacial score (nSPS) is 13.7. The average molecular weight is 469 g/mol. The number of hydrogen-bond donors (Lipinski definition) is 2. The number of likely N-dealkylation sites (N-methyl/N-ethyl adjacent to an activating group) is 1. The summed E-state index contributed by atoms with van der Waals surface area (Å²) in [6.07, 6.45) is 3.51. The van der Waals surface area contributed by atoms with Crippen molar-refractivity contribution in [1.29, 1.82) is 0 Å². The molecule has 0 spiro atoms. The summed E-state index contributed by atoms with van der Waals surface area (Å²) >= 11 is 1.50. The predicted molar refractivity (Wildman–Crippen MR) is 138 cm³/mol. The highest BCUT2D eigenvalue weighted by atomic mass is 32.2. The van der Waals surface area contributed by atoms with Gasteiger partial charge >= 0.3 is 0 Å². The van der Waals surface area contributed by atoms with Crippen molar-refractivity contribution in [3.8, 4) is 0 Å². The molecule has 0 radical (unpaired) electrons. The molecular weight excluding hydrogens is 432 g/mol. The summed E-state index contributed by atoms with van der Waals surface area (Å²) in [6.45, 7) is 9.53. The molecule has 6 nitrogen and oxygen atoms in total. The number of nitrogens with zero attached hydrogens (tertiary/aromatic N) is 2. The summed E-state index contributed by atoms with van der Waals surface area (Å²) in [6, 6.07) is 15.6. The number of rotatable bonds is 11. The second kappa shape index (κ2) is 13.3. The van der Waals surface area contributed by atoms with Crippen molar-refractivity contribution < 1.29 is 9.59 Å². The van der Waals surface area contributed by atoms with Gasteiger partial charge in [0.05, 0.1) is 11.3 Å². The Morgan fingerprint density at radius 3 is 2.42 bits per heavy atom. The second-order valence-corrected chi connectivity index (χ2v) is 9.26. The number of piperidine rings is 1. The molecule has 0 saturated carbocycles. The van der Waals surface area contributed by atoms with Crippen LogP contribution in [0, 0.1) is 0 Å². The van der Waals surface area contributed by atoms with Crippen LogP contribution in [-0.2, 0) is 4.79 Å². The fourth-order valence-corrected chi connectivity index (χ4v) is 4.75. The van der Waals surface area contributed by atoms with Crippen molar-refractivity contribution >= 4 is 35.0 Å². The smallest absolute Gasteiger partial charge is 0.253 e. The molecule has 3 rings (SSSR count). The average Bonchev–Trinajstić information content (AvgIpc) is 2.86. The summed E-state index contributed by atoms with van der Waals surface area (Å²) in [5.74, 6) is 0.156. The number of carbonyl (C=O) groups excluding carboxylic acids is 2. The molecular formula is C26H36N4O2S. The summed E-state index contributed by atoms with van der Waals surface area (Å²) in [5.41, 5.74) is 2.24. The lowest BCUT2D eigenvalue weighted by Gasteiger charge is -2.30. The van der Waals surface area contributed by atoms with E-state index in [1.165, 1.54) is 18.2 Å². The van der Waals surface area contributed by atoms with Crippen molar-refractivity contribution in [1.82, 2.24) is 10.2 Å². The van der Waals surface area contributed by atoms with Crippen LogP contribution in [0.1, 0.15) is 43.5 Å². The van der Waals surface area contributed by atoms with Gasteiger partial charge in [0.2, 0.25) is 5.91 Å². The van der Waals surface area contributed by atoms with Gasteiger partial charge in [0.15, 0.2) is 0 Å². The standard InChI is InChI=1S/C26H36N4O2S/c1-3-29(4-2)18-15-27-26(32)23-19-21(13-14-24(23)30-16-9-6-10-17-30)28-25(31)20-33-22-11-7-5-8-12-22/h5,7-8,11-14,19H,3-4,6,9-10,15-18,20H2,1-2H3,(H,27,32)(H,28,31). The van der Waals surface area contributed by atoms with E-state index in [2.05, 4.69) is 34.3 Å². The number of hydrogen-bond acceptors (Lipinski definition) is 5. The molecule has 1 saturated heterocycles.